The topological polar surface area (TPSA) is 49.7 Å². The van der Waals surface area contributed by atoms with Gasteiger partial charge in [0.15, 0.2) is 11.6 Å². The highest BCUT2D eigenvalue weighted by molar-refractivity contribution is 7.17. The lowest BCUT2D eigenvalue weighted by molar-refractivity contribution is 0.0990. The molecule has 0 radical (unpaired) electrons. The van der Waals surface area contributed by atoms with Crippen molar-refractivity contribution >= 4 is 46.4 Å². The maximum Gasteiger partial charge on any atom is 0.197 e. The molecule has 0 amide bonds. The van der Waals surface area contributed by atoms with E-state index in [1.807, 2.05) is 37.3 Å². The Morgan fingerprint density at radius 3 is 2.34 bits per heavy atom. The summed E-state index contributed by atoms with van der Waals surface area (Å²) in [5, 5.41) is 0.948. The molecule has 2 heterocycles. The Morgan fingerprint density at radius 1 is 0.969 bits per heavy atom. The number of anilines is 2. The average Bonchev–Trinajstić information content (AvgIpc) is 3.37. The Labute approximate surface area is 190 Å². The van der Waals surface area contributed by atoms with Gasteiger partial charge in [-0.15, -0.1) is 11.3 Å². The van der Waals surface area contributed by atoms with Crippen molar-refractivity contribution in [3.63, 3.8) is 0 Å². The van der Waals surface area contributed by atoms with Crippen molar-refractivity contribution in [3.05, 3.63) is 111 Å². The number of carbonyl (C=O) groups excluding carboxylic acids is 2. The molecule has 0 spiro atoms. The van der Waals surface area contributed by atoms with Gasteiger partial charge in [-0.2, -0.15) is 0 Å². The number of Topliss-reactive ketones (excluding diaryl/α,β-unsaturated/α-hetero) is 2. The number of aliphatic imine (C=N–C) groups is 1. The number of hydrogen-bond donors (Lipinski definition) is 0. The van der Waals surface area contributed by atoms with Crippen LogP contribution in [0.15, 0.2) is 94.8 Å². The van der Waals surface area contributed by atoms with Gasteiger partial charge < -0.3 is 0 Å². The molecule has 0 bridgehead atoms. The van der Waals surface area contributed by atoms with E-state index in [0.717, 1.165) is 33.4 Å². The molecule has 0 atom stereocenters. The molecule has 2 aromatic carbocycles. The molecule has 0 N–H and O–H groups in total. The summed E-state index contributed by atoms with van der Waals surface area (Å²) in [6.45, 7) is 5.81. The Balaban J connectivity index is 1.57. The van der Waals surface area contributed by atoms with Gasteiger partial charge in [0.2, 0.25) is 0 Å². The predicted molar refractivity (Wildman–Crippen MR) is 131 cm³/mol. The van der Waals surface area contributed by atoms with Crippen molar-refractivity contribution in [1.82, 2.24) is 0 Å². The molecule has 2 aliphatic rings. The number of allylic oxidation sites excluding steroid dienone is 4. The monoisotopic (exact) mass is 436 g/mol. The van der Waals surface area contributed by atoms with Crippen molar-refractivity contribution in [2.45, 2.75) is 13.3 Å². The molecule has 5 rings (SSSR count). The molecule has 3 aromatic rings. The number of para-hydroxylation sites is 1. The molecule has 1 aliphatic heterocycles. The summed E-state index contributed by atoms with van der Waals surface area (Å²) in [6.07, 6.45) is 6.56. The molecule has 0 fully saturated rings. The second-order valence-corrected chi connectivity index (χ2v) is 8.68. The fraction of sp³-hybridized carbons (Fsp3) is 0.0741. The first-order valence-electron chi connectivity index (χ1n) is 10.3. The first-order chi connectivity index (χ1) is 15.6. The van der Waals surface area contributed by atoms with Gasteiger partial charge in [0.25, 0.3) is 0 Å². The molecule has 0 saturated carbocycles. The summed E-state index contributed by atoms with van der Waals surface area (Å²) in [6, 6.07) is 19.1. The van der Waals surface area contributed by atoms with Crippen LogP contribution < -0.4 is 4.90 Å². The Kier molecular flexibility index (Phi) is 5.04. The van der Waals surface area contributed by atoms with Crippen LogP contribution in [0.4, 0.5) is 10.7 Å². The summed E-state index contributed by atoms with van der Waals surface area (Å²) >= 11 is 1.51. The van der Waals surface area contributed by atoms with E-state index in [2.05, 4.69) is 34.8 Å². The molecule has 1 aliphatic carbocycles. The molecule has 1 aromatic heterocycles. The van der Waals surface area contributed by atoms with Crippen LogP contribution in [0.25, 0.3) is 6.08 Å². The summed E-state index contributed by atoms with van der Waals surface area (Å²) in [4.78, 5) is 32.8. The molecule has 156 valence electrons. The first-order valence-corrected chi connectivity index (χ1v) is 11.1. The number of fused-ring (bicyclic) bond motifs is 2. The number of rotatable bonds is 4. The highest BCUT2D eigenvalue weighted by atomic mass is 32.1. The first kappa shape index (κ1) is 20.1. The lowest BCUT2D eigenvalue weighted by Gasteiger charge is -2.31. The van der Waals surface area contributed by atoms with Gasteiger partial charge in [0.1, 0.15) is 10.8 Å². The lowest BCUT2D eigenvalue weighted by Crippen LogP contribution is -2.22. The average molecular weight is 437 g/mol. The zero-order chi connectivity index (χ0) is 22.2. The summed E-state index contributed by atoms with van der Waals surface area (Å²) in [5.41, 5.74) is 4.52. The fourth-order valence-electron chi connectivity index (χ4n) is 4.24. The van der Waals surface area contributed by atoms with Crippen LogP contribution in [0.3, 0.4) is 0 Å². The van der Waals surface area contributed by atoms with E-state index < -0.39 is 0 Å². The van der Waals surface area contributed by atoms with Crippen LogP contribution in [0.1, 0.15) is 38.1 Å². The maximum absolute atomic E-state index is 12.8. The largest absolute Gasteiger partial charge is 0.288 e. The van der Waals surface area contributed by atoms with Crippen molar-refractivity contribution in [2.75, 3.05) is 4.90 Å². The van der Waals surface area contributed by atoms with Crippen LogP contribution >= 0.6 is 11.3 Å². The molecular weight excluding hydrogens is 416 g/mol. The van der Waals surface area contributed by atoms with E-state index in [-0.39, 0.29) is 17.1 Å². The van der Waals surface area contributed by atoms with E-state index in [9.17, 15) is 9.59 Å². The standard InChI is InChI=1S/C27H20N2O2S/c1-3-8-18-15-17-9-4-7-12-23(17)29(27(18)28-2)24-14-13-19(32-24)16-22-25(30)20-10-5-6-11-21(20)26(22)31/h3-14,16H,2,15H2,1H3/b8-3-. The van der Waals surface area contributed by atoms with Crippen molar-refractivity contribution in [3.8, 4) is 0 Å². The maximum atomic E-state index is 12.8. The highest BCUT2D eigenvalue weighted by Gasteiger charge is 2.33. The van der Waals surface area contributed by atoms with E-state index >= 15 is 0 Å². The van der Waals surface area contributed by atoms with Crippen LogP contribution in [0, 0.1) is 0 Å². The van der Waals surface area contributed by atoms with Gasteiger partial charge in [0.05, 0.1) is 11.3 Å². The second-order valence-electron chi connectivity index (χ2n) is 7.59. The number of ketones is 2. The fourth-order valence-corrected chi connectivity index (χ4v) is 5.20. The number of benzene rings is 2. The third kappa shape index (κ3) is 3.18. The van der Waals surface area contributed by atoms with Crippen LogP contribution in [-0.4, -0.2) is 18.3 Å². The summed E-state index contributed by atoms with van der Waals surface area (Å²) < 4.78 is 0. The van der Waals surface area contributed by atoms with E-state index in [0.29, 0.717) is 11.1 Å². The molecule has 0 unspecified atom stereocenters. The van der Waals surface area contributed by atoms with Gasteiger partial charge in [-0.25, -0.2) is 4.99 Å². The quantitative estimate of drug-likeness (QED) is 0.270. The number of thiophene rings is 1. The normalized spacial score (nSPS) is 15.4. The third-order valence-electron chi connectivity index (χ3n) is 5.66. The zero-order valence-electron chi connectivity index (χ0n) is 17.5. The van der Waals surface area contributed by atoms with E-state index in [4.69, 9.17) is 0 Å². The number of carbonyl (C=O) groups is 2. The minimum absolute atomic E-state index is 0.214. The minimum Gasteiger partial charge on any atom is -0.288 e. The molecule has 5 heteroatoms. The van der Waals surface area contributed by atoms with Gasteiger partial charge in [0, 0.05) is 22.4 Å². The van der Waals surface area contributed by atoms with Gasteiger partial charge in [-0.05, 0) is 49.1 Å². The molecule has 4 nitrogen and oxygen atoms in total. The van der Waals surface area contributed by atoms with E-state index in [1.54, 1.807) is 30.3 Å². The van der Waals surface area contributed by atoms with Gasteiger partial charge >= 0.3 is 0 Å². The Hall–Kier alpha value is -3.83. The van der Waals surface area contributed by atoms with Crippen LogP contribution in [0.2, 0.25) is 0 Å². The van der Waals surface area contributed by atoms with Crippen LogP contribution in [0.5, 0.6) is 0 Å². The van der Waals surface area contributed by atoms with Crippen molar-refractivity contribution in [1.29, 1.82) is 0 Å². The number of nitrogens with zero attached hydrogens (tertiary/aromatic N) is 2. The van der Waals surface area contributed by atoms with Crippen molar-refractivity contribution in [2.24, 2.45) is 4.99 Å². The Bertz CT molecular complexity index is 1340. The third-order valence-corrected chi connectivity index (χ3v) is 6.67. The molecular formula is C27H20N2O2S. The van der Waals surface area contributed by atoms with Crippen molar-refractivity contribution < 1.29 is 9.59 Å². The molecule has 32 heavy (non-hydrogen) atoms. The highest BCUT2D eigenvalue weighted by Crippen LogP contribution is 2.43. The number of hydrogen-bond acceptors (Lipinski definition) is 5. The second kappa shape index (κ2) is 8.02. The lowest BCUT2D eigenvalue weighted by atomic mass is 9.98. The predicted octanol–water partition coefficient (Wildman–Crippen LogP) is 6.39. The van der Waals surface area contributed by atoms with Crippen LogP contribution in [-0.2, 0) is 6.42 Å². The SMILES string of the molecule is C=NC1=C(/C=C\C)Cc2ccccc2N1c1ccc(C=C2C(=O)c3ccccc3C2=O)s1. The molecule has 0 saturated heterocycles. The van der Waals surface area contributed by atoms with Gasteiger partial charge in [-0.1, -0.05) is 54.6 Å². The van der Waals surface area contributed by atoms with E-state index in [1.165, 1.54) is 16.9 Å². The van der Waals surface area contributed by atoms with Gasteiger partial charge in [-0.3, -0.25) is 14.5 Å². The minimum atomic E-state index is -0.215. The summed E-state index contributed by atoms with van der Waals surface area (Å²) in [5.74, 6) is 0.364. The smallest absolute Gasteiger partial charge is 0.197 e. The Morgan fingerprint density at radius 2 is 1.66 bits per heavy atom. The summed E-state index contributed by atoms with van der Waals surface area (Å²) in [7, 11) is 0. The zero-order valence-corrected chi connectivity index (χ0v) is 18.4.